The van der Waals surface area contributed by atoms with Gasteiger partial charge in [-0.3, -0.25) is 4.79 Å². The fourth-order valence-electron chi connectivity index (χ4n) is 2.71. The number of halogens is 3. The number of thiophene rings is 1. The average molecular weight is 383 g/mol. The van der Waals surface area contributed by atoms with Gasteiger partial charge in [-0.25, -0.2) is 5.10 Å². The molecule has 5 nitrogen and oxygen atoms in total. The van der Waals surface area contributed by atoms with E-state index in [0.717, 1.165) is 0 Å². The van der Waals surface area contributed by atoms with Crippen LogP contribution >= 0.6 is 22.9 Å². The number of nitrogens with one attached hydrogen (secondary N) is 1. The van der Waals surface area contributed by atoms with Crippen molar-refractivity contribution in [2.45, 2.75) is 13.2 Å². The molecule has 0 amide bonds. The van der Waals surface area contributed by atoms with E-state index < -0.39 is 11.9 Å². The van der Waals surface area contributed by atoms with Crippen LogP contribution in [0.3, 0.4) is 0 Å². The van der Waals surface area contributed by atoms with Gasteiger partial charge in [-0.15, -0.1) is 20.1 Å². The van der Waals surface area contributed by atoms with Crippen molar-refractivity contribution in [3.63, 3.8) is 0 Å². The molecule has 0 bridgehead atoms. The molecular weight excluding hydrogens is 374 g/mol. The summed E-state index contributed by atoms with van der Waals surface area (Å²) in [5.41, 5.74) is 0.867. The van der Waals surface area contributed by atoms with Gasteiger partial charge in [-0.1, -0.05) is 23.7 Å². The highest BCUT2D eigenvalue weighted by Crippen LogP contribution is 2.48. The Bertz CT molecular complexity index is 1050. The minimum Gasteiger partial charge on any atom is -0.395 e. The largest absolute Gasteiger partial charge is 0.586 e. The first-order valence-electron chi connectivity index (χ1n) is 7.10. The summed E-state index contributed by atoms with van der Waals surface area (Å²) >= 11 is 7.26. The van der Waals surface area contributed by atoms with Crippen molar-refractivity contribution in [2.24, 2.45) is 0 Å². The number of aryl methyl sites for hydroxylation is 1. The predicted molar refractivity (Wildman–Crippen MR) is 89.6 cm³/mol. The van der Waals surface area contributed by atoms with E-state index in [1.807, 2.05) is 0 Å². The summed E-state index contributed by atoms with van der Waals surface area (Å²) in [5, 5.41) is 6.36. The van der Waals surface area contributed by atoms with Crippen molar-refractivity contribution >= 4 is 22.9 Å². The molecule has 2 aromatic heterocycles. The Morgan fingerprint density at radius 2 is 2.00 bits per heavy atom. The van der Waals surface area contributed by atoms with Crippen LogP contribution in [0.15, 0.2) is 35.1 Å². The normalized spacial score (nSPS) is 14.7. The molecule has 1 aliphatic rings. The minimum atomic E-state index is -3.78. The number of benzene rings is 1. The highest BCUT2D eigenvalue weighted by atomic mass is 35.5. The first-order chi connectivity index (χ1) is 11.9. The van der Waals surface area contributed by atoms with E-state index in [1.165, 1.54) is 29.5 Å². The lowest BCUT2D eigenvalue weighted by molar-refractivity contribution is -0.286. The van der Waals surface area contributed by atoms with Gasteiger partial charge in [-0.2, -0.15) is 5.10 Å². The van der Waals surface area contributed by atoms with Gasteiger partial charge < -0.3 is 9.47 Å². The van der Waals surface area contributed by atoms with E-state index in [9.17, 15) is 13.6 Å². The molecule has 0 radical (unpaired) electrons. The molecule has 128 valence electrons. The molecular formula is C16H9ClF2N2O3S. The van der Waals surface area contributed by atoms with Crippen molar-refractivity contribution in [1.29, 1.82) is 0 Å². The van der Waals surface area contributed by atoms with Crippen LogP contribution in [-0.2, 0) is 0 Å². The zero-order chi connectivity index (χ0) is 17.8. The summed E-state index contributed by atoms with van der Waals surface area (Å²) in [6.07, 6.45) is -3.78. The van der Waals surface area contributed by atoms with Gasteiger partial charge in [0.05, 0.1) is 15.6 Å². The molecule has 1 aromatic carbocycles. The molecule has 4 rings (SSSR count). The number of H-pyrrole nitrogens is 1. The van der Waals surface area contributed by atoms with E-state index >= 15 is 0 Å². The van der Waals surface area contributed by atoms with Gasteiger partial charge in [0.2, 0.25) is 0 Å². The molecule has 9 heteroatoms. The molecule has 0 saturated heterocycles. The van der Waals surface area contributed by atoms with Crippen LogP contribution < -0.4 is 15.0 Å². The van der Waals surface area contributed by atoms with Crippen LogP contribution in [-0.4, -0.2) is 16.5 Å². The summed E-state index contributed by atoms with van der Waals surface area (Å²) in [6, 6.07) is 7.82. The Morgan fingerprint density at radius 1 is 1.20 bits per heavy atom. The molecule has 0 aliphatic carbocycles. The summed E-state index contributed by atoms with van der Waals surface area (Å²) in [5.74, 6) is -0.320. The Morgan fingerprint density at radius 3 is 2.72 bits per heavy atom. The second-order valence-corrected chi connectivity index (χ2v) is 7.01. The molecule has 0 spiro atoms. The maximum Gasteiger partial charge on any atom is 0.586 e. The Labute approximate surface area is 148 Å². The fourth-order valence-corrected chi connectivity index (χ4v) is 3.86. The van der Waals surface area contributed by atoms with Crippen molar-refractivity contribution in [1.82, 2.24) is 10.2 Å². The highest BCUT2D eigenvalue weighted by Gasteiger charge is 2.45. The van der Waals surface area contributed by atoms with Crippen molar-refractivity contribution in [3.05, 3.63) is 50.7 Å². The summed E-state index contributed by atoms with van der Waals surface area (Å²) < 4.78 is 36.6. The van der Waals surface area contributed by atoms with E-state index in [4.69, 9.17) is 11.6 Å². The fraction of sp³-hybridized carbons (Fsp3) is 0.125. The number of aromatic amines is 1. The summed E-state index contributed by atoms with van der Waals surface area (Å²) in [4.78, 5) is 13.2. The first-order valence-corrected chi connectivity index (χ1v) is 8.29. The SMILES string of the molecule is Cc1n[nH]c(=O)c(-c2cccc3c2OC(F)(F)O3)c1-c1ccc(Cl)s1. The third-order valence-corrected chi connectivity index (χ3v) is 4.93. The lowest BCUT2D eigenvalue weighted by Crippen LogP contribution is -2.26. The Hall–Kier alpha value is -2.45. The molecule has 0 fully saturated rings. The topological polar surface area (TPSA) is 64.2 Å². The zero-order valence-electron chi connectivity index (χ0n) is 12.6. The van der Waals surface area contributed by atoms with Crippen molar-refractivity contribution in [3.8, 4) is 33.1 Å². The number of para-hydroxylation sites is 1. The number of fused-ring (bicyclic) bond motifs is 1. The molecule has 1 aliphatic heterocycles. The number of hydrogen-bond acceptors (Lipinski definition) is 5. The molecule has 1 N–H and O–H groups in total. The van der Waals surface area contributed by atoms with Crippen LogP contribution in [0.2, 0.25) is 4.34 Å². The van der Waals surface area contributed by atoms with Crippen molar-refractivity contribution < 1.29 is 18.3 Å². The second-order valence-electron chi connectivity index (χ2n) is 5.29. The predicted octanol–water partition coefficient (Wildman–Crippen LogP) is 4.45. The number of ether oxygens (including phenoxy) is 2. The Kier molecular flexibility index (Phi) is 3.55. The second kappa shape index (κ2) is 5.53. The lowest BCUT2D eigenvalue weighted by atomic mass is 9.98. The van der Waals surface area contributed by atoms with Crippen molar-refractivity contribution in [2.75, 3.05) is 0 Å². The smallest absolute Gasteiger partial charge is 0.395 e. The standard InChI is InChI=1S/C16H9ClF2N2O3S/c1-7-12(10-5-6-11(17)25-10)13(15(22)21-20-7)8-3-2-4-9-14(8)24-16(18,19)23-9/h2-6H,1H3,(H,21,22). The number of alkyl halides is 2. The van der Waals surface area contributed by atoms with E-state index in [-0.39, 0.29) is 22.6 Å². The number of rotatable bonds is 2. The molecule has 3 aromatic rings. The molecule has 25 heavy (non-hydrogen) atoms. The van der Waals surface area contributed by atoms with Crippen LogP contribution in [0, 0.1) is 6.92 Å². The maximum absolute atomic E-state index is 13.5. The maximum atomic E-state index is 13.5. The highest BCUT2D eigenvalue weighted by molar-refractivity contribution is 7.19. The molecule has 3 heterocycles. The van der Waals surface area contributed by atoms with Gasteiger partial charge >= 0.3 is 6.29 Å². The van der Waals surface area contributed by atoms with E-state index in [0.29, 0.717) is 20.5 Å². The van der Waals surface area contributed by atoms with Crippen LogP contribution in [0.5, 0.6) is 11.5 Å². The van der Waals surface area contributed by atoms with Gasteiger partial charge in [0.15, 0.2) is 11.5 Å². The first kappa shape index (κ1) is 16.0. The monoisotopic (exact) mass is 382 g/mol. The lowest BCUT2D eigenvalue weighted by Gasteiger charge is -2.11. The van der Waals surface area contributed by atoms with E-state index in [1.54, 1.807) is 19.1 Å². The summed E-state index contributed by atoms with van der Waals surface area (Å²) in [6.45, 7) is 1.71. The quantitative estimate of drug-likeness (QED) is 0.711. The zero-order valence-corrected chi connectivity index (χ0v) is 14.2. The van der Waals surface area contributed by atoms with Gasteiger partial charge in [0.1, 0.15) is 0 Å². The number of hydrogen-bond donors (Lipinski definition) is 1. The molecule has 0 unspecified atom stereocenters. The summed E-state index contributed by atoms with van der Waals surface area (Å²) in [7, 11) is 0. The minimum absolute atomic E-state index is 0.133. The third kappa shape index (κ3) is 2.67. The Balaban J connectivity index is 2.02. The van der Waals surface area contributed by atoms with Gasteiger partial charge in [0, 0.05) is 16.0 Å². The molecule has 0 saturated carbocycles. The number of aromatic nitrogens is 2. The van der Waals surface area contributed by atoms with E-state index in [2.05, 4.69) is 19.7 Å². The third-order valence-electron chi connectivity index (χ3n) is 3.68. The van der Waals surface area contributed by atoms with Crippen LogP contribution in [0.25, 0.3) is 21.6 Å². The van der Waals surface area contributed by atoms with Gasteiger partial charge in [-0.05, 0) is 25.1 Å². The van der Waals surface area contributed by atoms with Crippen LogP contribution in [0.1, 0.15) is 5.69 Å². The van der Waals surface area contributed by atoms with Crippen LogP contribution in [0.4, 0.5) is 8.78 Å². The molecule has 0 atom stereocenters. The van der Waals surface area contributed by atoms with Gasteiger partial charge in [0.25, 0.3) is 5.56 Å². The average Bonchev–Trinajstić information content (AvgIpc) is 3.10. The number of nitrogens with zero attached hydrogens (tertiary/aromatic N) is 1.